The standard InChI is InChI=1S/C17H31N/c1-2-9-18-17(8-7-13-5-3-4-6-13)16-11-14-10-15(14)12-16/h13-18H,2-12H2,1H3. The Kier molecular flexibility index (Phi) is 4.28. The van der Waals surface area contributed by atoms with Crippen molar-refractivity contribution in [1.82, 2.24) is 5.32 Å². The molecule has 3 rings (SSSR count). The number of rotatable bonds is 7. The van der Waals surface area contributed by atoms with Crippen molar-refractivity contribution in [3.05, 3.63) is 0 Å². The molecule has 0 aromatic carbocycles. The maximum absolute atomic E-state index is 3.88. The smallest absolute Gasteiger partial charge is 0.00956 e. The van der Waals surface area contributed by atoms with Gasteiger partial charge in [-0.25, -0.2) is 0 Å². The van der Waals surface area contributed by atoms with Gasteiger partial charge < -0.3 is 5.32 Å². The molecule has 0 radical (unpaired) electrons. The maximum Gasteiger partial charge on any atom is 0.00956 e. The molecule has 1 nitrogen and oxygen atoms in total. The van der Waals surface area contributed by atoms with Gasteiger partial charge in [0.1, 0.15) is 0 Å². The third-order valence-corrected chi connectivity index (χ3v) is 5.87. The summed E-state index contributed by atoms with van der Waals surface area (Å²) in [6.07, 6.45) is 15.0. The van der Waals surface area contributed by atoms with E-state index in [1.807, 2.05) is 0 Å². The van der Waals surface area contributed by atoms with Crippen molar-refractivity contribution in [3.63, 3.8) is 0 Å². The fourth-order valence-electron chi connectivity index (χ4n) is 4.64. The first kappa shape index (κ1) is 13.0. The first-order valence-corrected chi connectivity index (χ1v) is 8.60. The Hall–Kier alpha value is -0.0400. The Labute approximate surface area is 113 Å². The normalized spacial score (nSPS) is 36.8. The fraction of sp³-hybridized carbons (Fsp3) is 1.00. The molecular weight excluding hydrogens is 218 g/mol. The van der Waals surface area contributed by atoms with Gasteiger partial charge in [-0.1, -0.05) is 32.6 Å². The average Bonchev–Trinajstić information content (AvgIpc) is 2.85. The highest BCUT2D eigenvalue weighted by Gasteiger charge is 2.47. The van der Waals surface area contributed by atoms with E-state index in [0.29, 0.717) is 0 Å². The summed E-state index contributed by atoms with van der Waals surface area (Å²) >= 11 is 0. The summed E-state index contributed by atoms with van der Waals surface area (Å²) in [7, 11) is 0. The summed E-state index contributed by atoms with van der Waals surface area (Å²) < 4.78 is 0. The van der Waals surface area contributed by atoms with E-state index < -0.39 is 0 Å². The lowest BCUT2D eigenvalue weighted by Crippen LogP contribution is -2.36. The molecule has 3 aliphatic carbocycles. The Bertz CT molecular complexity index is 246. The van der Waals surface area contributed by atoms with E-state index in [1.54, 1.807) is 19.3 Å². The molecule has 0 heterocycles. The van der Waals surface area contributed by atoms with Crippen LogP contribution in [0.2, 0.25) is 0 Å². The lowest BCUT2D eigenvalue weighted by molar-refractivity contribution is 0.295. The van der Waals surface area contributed by atoms with Gasteiger partial charge in [-0.15, -0.1) is 0 Å². The topological polar surface area (TPSA) is 12.0 Å². The molecule has 0 aromatic heterocycles. The first-order valence-electron chi connectivity index (χ1n) is 8.60. The third kappa shape index (κ3) is 3.10. The molecule has 3 unspecified atom stereocenters. The van der Waals surface area contributed by atoms with Gasteiger partial charge in [-0.2, -0.15) is 0 Å². The Morgan fingerprint density at radius 1 is 1.06 bits per heavy atom. The van der Waals surface area contributed by atoms with E-state index in [9.17, 15) is 0 Å². The summed E-state index contributed by atoms with van der Waals surface area (Å²) in [4.78, 5) is 0. The molecule has 3 fully saturated rings. The van der Waals surface area contributed by atoms with E-state index in [-0.39, 0.29) is 0 Å². The molecule has 3 atom stereocenters. The minimum absolute atomic E-state index is 0.860. The lowest BCUT2D eigenvalue weighted by atomic mass is 9.88. The van der Waals surface area contributed by atoms with Crippen LogP contribution in [0.15, 0.2) is 0 Å². The Morgan fingerprint density at radius 3 is 2.44 bits per heavy atom. The van der Waals surface area contributed by atoms with Crippen LogP contribution in [0.3, 0.4) is 0 Å². The van der Waals surface area contributed by atoms with Crippen molar-refractivity contribution >= 4 is 0 Å². The molecule has 0 saturated heterocycles. The summed E-state index contributed by atoms with van der Waals surface area (Å²) in [5.41, 5.74) is 0. The molecule has 0 bridgehead atoms. The van der Waals surface area contributed by atoms with Crippen LogP contribution in [-0.2, 0) is 0 Å². The molecule has 0 amide bonds. The van der Waals surface area contributed by atoms with Crippen LogP contribution < -0.4 is 5.32 Å². The summed E-state index contributed by atoms with van der Waals surface area (Å²) in [6, 6.07) is 0.860. The van der Waals surface area contributed by atoms with Crippen molar-refractivity contribution in [2.75, 3.05) is 6.54 Å². The monoisotopic (exact) mass is 249 g/mol. The second-order valence-electron chi connectivity index (χ2n) is 7.28. The number of fused-ring (bicyclic) bond motifs is 1. The van der Waals surface area contributed by atoms with Gasteiger partial charge in [-0.3, -0.25) is 0 Å². The largest absolute Gasteiger partial charge is 0.314 e. The lowest BCUT2D eigenvalue weighted by Gasteiger charge is -2.27. The summed E-state index contributed by atoms with van der Waals surface area (Å²) in [6.45, 7) is 3.54. The maximum atomic E-state index is 3.88. The molecule has 3 saturated carbocycles. The molecular formula is C17H31N. The van der Waals surface area contributed by atoms with Crippen LogP contribution in [0.4, 0.5) is 0 Å². The van der Waals surface area contributed by atoms with Crippen molar-refractivity contribution < 1.29 is 0 Å². The van der Waals surface area contributed by atoms with Crippen LogP contribution in [0.5, 0.6) is 0 Å². The minimum atomic E-state index is 0.860. The molecule has 0 spiro atoms. The van der Waals surface area contributed by atoms with Gasteiger partial charge in [-0.05, 0) is 68.7 Å². The quantitative estimate of drug-likeness (QED) is 0.706. The molecule has 18 heavy (non-hydrogen) atoms. The van der Waals surface area contributed by atoms with Gasteiger partial charge >= 0.3 is 0 Å². The zero-order valence-corrected chi connectivity index (χ0v) is 12.2. The molecule has 3 aliphatic rings. The predicted octanol–water partition coefficient (Wildman–Crippen LogP) is 4.37. The van der Waals surface area contributed by atoms with Crippen molar-refractivity contribution in [1.29, 1.82) is 0 Å². The minimum Gasteiger partial charge on any atom is -0.314 e. The van der Waals surface area contributed by atoms with Crippen LogP contribution in [0.25, 0.3) is 0 Å². The summed E-state index contributed by atoms with van der Waals surface area (Å²) in [5, 5.41) is 3.88. The van der Waals surface area contributed by atoms with Gasteiger partial charge in [0.2, 0.25) is 0 Å². The predicted molar refractivity (Wildman–Crippen MR) is 77.6 cm³/mol. The van der Waals surface area contributed by atoms with Gasteiger partial charge in [0, 0.05) is 6.04 Å². The van der Waals surface area contributed by atoms with Crippen LogP contribution in [-0.4, -0.2) is 12.6 Å². The van der Waals surface area contributed by atoms with Gasteiger partial charge in [0.05, 0.1) is 0 Å². The Balaban J connectivity index is 1.45. The number of hydrogen-bond donors (Lipinski definition) is 1. The second kappa shape index (κ2) is 5.94. The van der Waals surface area contributed by atoms with Gasteiger partial charge in [0.15, 0.2) is 0 Å². The van der Waals surface area contributed by atoms with E-state index in [1.165, 1.54) is 51.5 Å². The average molecular weight is 249 g/mol. The summed E-state index contributed by atoms with van der Waals surface area (Å²) in [5.74, 6) is 4.40. The highest BCUT2D eigenvalue weighted by molar-refractivity contribution is 4.99. The van der Waals surface area contributed by atoms with Crippen molar-refractivity contribution in [2.45, 2.75) is 77.2 Å². The zero-order chi connectivity index (χ0) is 12.4. The van der Waals surface area contributed by atoms with E-state index in [4.69, 9.17) is 0 Å². The van der Waals surface area contributed by atoms with Crippen LogP contribution in [0, 0.1) is 23.7 Å². The van der Waals surface area contributed by atoms with E-state index in [2.05, 4.69) is 12.2 Å². The van der Waals surface area contributed by atoms with Gasteiger partial charge in [0.25, 0.3) is 0 Å². The molecule has 1 N–H and O–H groups in total. The second-order valence-corrected chi connectivity index (χ2v) is 7.28. The van der Waals surface area contributed by atoms with E-state index >= 15 is 0 Å². The number of nitrogens with one attached hydrogen (secondary N) is 1. The van der Waals surface area contributed by atoms with E-state index in [0.717, 1.165) is 29.7 Å². The third-order valence-electron chi connectivity index (χ3n) is 5.87. The fourth-order valence-corrected chi connectivity index (χ4v) is 4.64. The zero-order valence-electron chi connectivity index (χ0n) is 12.2. The first-order chi connectivity index (χ1) is 8.86. The molecule has 0 aliphatic heterocycles. The van der Waals surface area contributed by atoms with Crippen molar-refractivity contribution in [2.24, 2.45) is 23.7 Å². The molecule has 1 heteroatoms. The Morgan fingerprint density at radius 2 is 1.78 bits per heavy atom. The SMILES string of the molecule is CCCNC(CCC1CCCC1)C1CC2CC2C1. The van der Waals surface area contributed by atoms with Crippen LogP contribution >= 0.6 is 0 Å². The molecule has 104 valence electrons. The van der Waals surface area contributed by atoms with Crippen LogP contribution in [0.1, 0.15) is 71.1 Å². The molecule has 0 aromatic rings. The highest BCUT2D eigenvalue weighted by Crippen LogP contribution is 2.55. The highest BCUT2D eigenvalue weighted by atomic mass is 14.9. The number of hydrogen-bond acceptors (Lipinski definition) is 1. The van der Waals surface area contributed by atoms with Crippen molar-refractivity contribution in [3.8, 4) is 0 Å².